The molecular formula is C11H11F6N. The highest BCUT2D eigenvalue weighted by Crippen LogP contribution is 2.41. The molecule has 102 valence electrons. The molecule has 0 fully saturated rings. The molecule has 1 aromatic carbocycles. The van der Waals surface area contributed by atoms with Gasteiger partial charge in [-0.15, -0.1) is 0 Å². The van der Waals surface area contributed by atoms with Crippen LogP contribution in [0.1, 0.15) is 36.1 Å². The van der Waals surface area contributed by atoms with E-state index in [9.17, 15) is 26.3 Å². The normalized spacial score (nSPS) is 14.7. The van der Waals surface area contributed by atoms with Gasteiger partial charge in [-0.3, -0.25) is 0 Å². The molecule has 2 N–H and O–H groups in total. The molecular weight excluding hydrogens is 260 g/mol. The minimum absolute atomic E-state index is 0.0397. The van der Waals surface area contributed by atoms with Crippen LogP contribution in [0.2, 0.25) is 0 Å². The first-order chi connectivity index (χ1) is 8.07. The Morgan fingerprint density at radius 3 is 1.89 bits per heavy atom. The molecule has 0 bridgehead atoms. The maximum Gasteiger partial charge on any atom is 0.417 e. The second-order valence-corrected chi connectivity index (χ2v) is 3.82. The Balaban J connectivity index is 3.40. The van der Waals surface area contributed by atoms with Crippen molar-refractivity contribution in [3.05, 3.63) is 34.9 Å². The lowest BCUT2D eigenvalue weighted by Crippen LogP contribution is -2.18. The van der Waals surface area contributed by atoms with Gasteiger partial charge < -0.3 is 5.73 Å². The Kier molecular flexibility index (Phi) is 3.95. The van der Waals surface area contributed by atoms with Gasteiger partial charge in [0.1, 0.15) is 0 Å². The van der Waals surface area contributed by atoms with E-state index in [0.717, 1.165) is 6.07 Å². The second-order valence-electron chi connectivity index (χ2n) is 3.82. The van der Waals surface area contributed by atoms with E-state index in [0.29, 0.717) is 18.6 Å². The van der Waals surface area contributed by atoms with Crippen LogP contribution >= 0.6 is 0 Å². The highest BCUT2D eigenvalue weighted by atomic mass is 19.4. The summed E-state index contributed by atoms with van der Waals surface area (Å²) in [6.45, 7) is 1.63. The van der Waals surface area contributed by atoms with Gasteiger partial charge in [-0.25, -0.2) is 0 Å². The Labute approximate surface area is 99.6 Å². The molecule has 1 atom stereocenters. The summed E-state index contributed by atoms with van der Waals surface area (Å²) in [5, 5.41) is 0. The van der Waals surface area contributed by atoms with Crippen LogP contribution in [0.4, 0.5) is 26.3 Å². The third kappa shape index (κ3) is 3.16. The second kappa shape index (κ2) is 4.79. The summed E-state index contributed by atoms with van der Waals surface area (Å²) in [7, 11) is 0. The Morgan fingerprint density at radius 2 is 1.50 bits per heavy atom. The van der Waals surface area contributed by atoms with Crippen molar-refractivity contribution in [1.82, 2.24) is 0 Å². The third-order valence-corrected chi connectivity index (χ3v) is 2.52. The summed E-state index contributed by atoms with van der Waals surface area (Å²) in [5.74, 6) is 0. The van der Waals surface area contributed by atoms with E-state index in [2.05, 4.69) is 0 Å². The molecule has 0 aliphatic carbocycles. The van der Waals surface area contributed by atoms with Gasteiger partial charge in [-0.2, -0.15) is 26.3 Å². The van der Waals surface area contributed by atoms with Crippen molar-refractivity contribution in [2.45, 2.75) is 31.7 Å². The lowest BCUT2D eigenvalue weighted by molar-refractivity contribution is -0.162. The average molecular weight is 271 g/mol. The molecule has 1 unspecified atom stereocenters. The highest BCUT2D eigenvalue weighted by Gasteiger charge is 2.43. The molecule has 0 aromatic heterocycles. The minimum Gasteiger partial charge on any atom is -0.324 e. The molecule has 0 radical (unpaired) electrons. The van der Waals surface area contributed by atoms with E-state index in [1.807, 2.05) is 0 Å². The molecule has 7 heteroatoms. The molecule has 1 nitrogen and oxygen atoms in total. The number of nitrogens with two attached hydrogens (primary N) is 1. The summed E-state index contributed by atoms with van der Waals surface area (Å²) >= 11 is 0. The number of rotatable bonds is 2. The zero-order valence-electron chi connectivity index (χ0n) is 9.36. The lowest BCUT2D eigenvalue weighted by Gasteiger charge is -2.18. The maximum absolute atomic E-state index is 12.6. The van der Waals surface area contributed by atoms with E-state index in [4.69, 9.17) is 5.73 Å². The molecule has 1 aromatic rings. The minimum atomic E-state index is -5.06. The first kappa shape index (κ1) is 14.8. The number of benzene rings is 1. The summed E-state index contributed by atoms with van der Waals surface area (Å²) < 4.78 is 75.1. The van der Waals surface area contributed by atoms with E-state index in [-0.39, 0.29) is 5.56 Å². The van der Waals surface area contributed by atoms with Gasteiger partial charge in [0, 0.05) is 6.04 Å². The van der Waals surface area contributed by atoms with Crippen LogP contribution in [0.5, 0.6) is 0 Å². The first-order valence-corrected chi connectivity index (χ1v) is 5.11. The van der Waals surface area contributed by atoms with Crippen LogP contribution in [-0.2, 0) is 12.4 Å². The largest absolute Gasteiger partial charge is 0.417 e. The van der Waals surface area contributed by atoms with Crippen molar-refractivity contribution < 1.29 is 26.3 Å². The Bertz CT molecular complexity index is 421. The van der Waals surface area contributed by atoms with E-state index in [1.54, 1.807) is 6.92 Å². The molecule has 18 heavy (non-hydrogen) atoms. The highest BCUT2D eigenvalue weighted by molar-refractivity contribution is 5.37. The van der Waals surface area contributed by atoms with Crippen molar-refractivity contribution in [3.63, 3.8) is 0 Å². The molecule has 0 heterocycles. The van der Waals surface area contributed by atoms with Gasteiger partial charge in [0.2, 0.25) is 0 Å². The Morgan fingerprint density at radius 1 is 1.00 bits per heavy atom. The fraction of sp³-hybridized carbons (Fsp3) is 0.455. The van der Waals surface area contributed by atoms with Crippen LogP contribution in [0.3, 0.4) is 0 Å². The standard InChI is InChI=1S/C11H11F6N/c1-2-9(18)6-3-4-7(10(12,13)14)8(5-6)11(15,16)17/h3-5,9H,2,18H2,1H3. The van der Waals surface area contributed by atoms with Crippen molar-refractivity contribution in [2.75, 3.05) is 0 Å². The van der Waals surface area contributed by atoms with Gasteiger partial charge in [0.15, 0.2) is 0 Å². The molecule has 0 amide bonds. The molecule has 1 rings (SSSR count). The molecule has 0 saturated heterocycles. The van der Waals surface area contributed by atoms with Gasteiger partial charge >= 0.3 is 12.4 Å². The van der Waals surface area contributed by atoms with Crippen LogP contribution < -0.4 is 5.73 Å². The number of alkyl halides is 6. The molecule has 0 aliphatic rings. The predicted molar refractivity (Wildman–Crippen MR) is 53.7 cm³/mol. The van der Waals surface area contributed by atoms with Gasteiger partial charge in [0.05, 0.1) is 11.1 Å². The fourth-order valence-corrected chi connectivity index (χ4v) is 1.51. The third-order valence-electron chi connectivity index (χ3n) is 2.52. The first-order valence-electron chi connectivity index (χ1n) is 5.11. The van der Waals surface area contributed by atoms with Crippen molar-refractivity contribution in [2.24, 2.45) is 5.73 Å². The number of hydrogen-bond acceptors (Lipinski definition) is 1. The zero-order chi connectivity index (χ0) is 14.1. The lowest BCUT2D eigenvalue weighted by atomic mass is 9.98. The van der Waals surface area contributed by atoms with Crippen LogP contribution in [0, 0.1) is 0 Å². The topological polar surface area (TPSA) is 26.0 Å². The molecule has 0 aliphatic heterocycles. The van der Waals surface area contributed by atoms with E-state index >= 15 is 0 Å². The van der Waals surface area contributed by atoms with Gasteiger partial charge in [-0.05, 0) is 24.1 Å². The van der Waals surface area contributed by atoms with Gasteiger partial charge in [0.25, 0.3) is 0 Å². The smallest absolute Gasteiger partial charge is 0.324 e. The van der Waals surface area contributed by atoms with Crippen molar-refractivity contribution in [1.29, 1.82) is 0 Å². The summed E-state index contributed by atoms with van der Waals surface area (Å²) in [6, 6.07) is 1.16. The van der Waals surface area contributed by atoms with Crippen LogP contribution in [0.15, 0.2) is 18.2 Å². The van der Waals surface area contributed by atoms with E-state index in [1.165, 1.54) is 0 Å². The fourth-order valence-electron chi connectivity index (χ4n) is 1.51. The summed E-state index contributed by atoms with van der Waals surface area (Å²) in [5.41, 5.74) is 2.17. The quantitative estimate of drug-likeness (QED) is 0.804. The SMILES string of the molecule is CCC(N)c1ccc(C(F)(F)F)c(C(F)(F)F)c1. The molecule has 0 saturated carbocycles. The molecule has 0 spiro atoms. The average Bonchev–Trinajstić information content (AvgIpc) is 2.24. The zero-order valence-corrected chi connectivity index (χ0v) is 9.36. The summed E-state index contributed by atoms with van der Waals surface area (Å²) in [4.78, 5) is 0. The van der Waals surface area contributed by atoms with Gasteiger partial charge in [-0.1, -0.05) is 13.0 Å². The number of hydrogen-bond donors (Lipinski definition) is 1. The Hall–Kier alpha value is -1.24. The van der Waals surface area contributed by atoms with Crippen molar-refractivity contribution >= 4 is 0 Å². The van der Waals surface area contributed by atoms with E-state index < -0.39 is 29.5 Å². The van der Waals surface area contributed by atoms with Crippen molar-refractivity contribution in [3.8, 4) is 0 Å². The maximum atomic E-state index is 12.6. The number of halogens is 6. The summed E-state index contributed by atoms with van der Waals surface area (Å²) in [6.07, 6.45) is -9.77. The predicted octanol–water partition coefficient (Wildman–Crippen LogP) is 4.13. The van der Waals surface area contributed by atoms with Crippen LogP contribution in [-0.4, -0.2) is 0 Å². The monoisotopic (exact) mass is 271 g/mol. The van der Waals surface area contributed by atoms with Crippen LogP contribution in [0.25, 0.3) is 0 Å².